The number of thiazole rings is 1. The lowest BCUT2D eigenvalue weighted by atomic mass is 10.0. The van der Waals surface area contributed by atoms with E-state index in [4.69, 9.17) is 14.1 Å². The van der Waals surface area contributed by atoms with Crippen molar-refractivity contribution in [1.82, 2.24) is 19.8 Å². The molecule has 0 bridgehead atoms. The maximum absolute atomic E-state index is 13.8. The topological polar surface area (TPSA) is 89.6 Å². The van der Waals surface area contributed by atoms with Gasteiger partial charge < -0.3 is 23.9 Å². The molecule has 10 heteroatoms. The lowest BCUT2D eigenvalue weighted by molar-refractivity contribution is 0.0606. The van der Waals surface area contributed by atoms with E-state index < -0.39 is 6.09 Å². The number of carbonyl (C=O) groups excluding carboxylic acids is 2. The van der Waals surface area contributed by atoms with Crippen LogP contribution in [0.1, 0.15) is 53.5 Å². The molecule has 1 aromatic carbocycles. The van der Waals surface area contributed by atoms with Crippen molar-refractivity contribution in [2.75, 3.05) is 13.1 Å². The first-order valence-corrected chi connectivity index (χ1v) is 13.4. The number of hydrogen-bond donors (Lipinski definition) is 1. The van der Waals surface area contributed by atoms with Crippen LogP contribution in [0, 0.1) is 5.82 Å². The summed E-state index contributed by atoms with van der Waals surface area (Å²) in [6.07, 6.45) is 5.78. The van der Waals surface area contributed by atoms with Crippen molar-refractivity contribution < 1.29 is 23.1 Å². The van der Waals surface area contributed by atoms with Crippen LogP contribution in [0.25, 0.3) is 21.5 Å². The Morgan fingerprint density at radius 3 is 2.76 bits per heavy atom. The molecule has 1 aliphatic carbocycles. The fraction of sp³-hybridized carbons (Fsp3) is 0.370. The summed E-state index contributed by atoms with van der Waals surface area (Å²) in [5, 5.41) is 3.79. The van der Waals surface area contributed by atoms with E-state index >= 15 is 0 Å². The molecule has 3 aromatic heterocycles. The third-order valence-electron chi connectivity index (χ3n) is 7.07. The van der Waals surface area contributed by atoms with E-state index in [2.05, 4.69) is 5.32 Å². The molecule has 0 radical (unpaired) electrons. The number of carbonyl (C=O) groups is 2. The van der Waals surface area contributed by atoms with E-state index in [0.29, 0.717) is 29.6 Å². The van der Waals surface area contributed by atoms with Gasteiger partial charge in [-0.25, -0.2) is 14.2 Å². The molecule has 6 rings (SSSR count). The molecule has 8 nitrogen and oxygen atoms in total. The van der Waals surface area contributed by atoms with Gasteiger partial charge in [0.15, 0.2) is 5.58 Å². The zero-order valence-electron chi connectivity index (χ0n) is 20.4. The molecule has 1 atom stereocenters. The molecule has 37 heavy (non-hydrogen) atoms. The van der Waals surface area contributed by atoms with Gasteiger partial charge in [-0.15, -0.1) is 11.3 Å². The van der Waals surface area contributed by atoms with Crippen molar-refractivity contribution in [3.63, 3.8) is 0 Å². The Kier molecular flexibility index (Phi) is 6.19. The Morgan fingerprint density at radius 1 is 1.19 bits per heavy atom. The highest BCUT2D eigenvalue weighted by atomic mass is 32.1. The SMILES string of the molecule is Cn1c(OC(=O)NC[C@@H]2CCCCN2C(=O)c2nc(C3CC3)sc2-c2ccc(F)cc2)cc2occc21. The van der Waals surface area contributed by atoms with E-state index in [-0.39, 0.29) is 24.3 Å². The number of aromatic nitrogens is 2. The van der Waals surface area contributed by atoms with Crippen molar-refractivity contribution in [2.45, 2.75) is 44.1 Å². The summed E-state index contributed by atoms with van der Waals surface area (Å²) in [6.45, 7) is 0.865. The molecule has 0 unspecified atom stereocenters. The summed E-state index contributed by atoms with van der Waals surface area (Å²) in [5.41, 5.74) is 2.68. The number of nitrogens with zero attached hydrogens (tertiary/aromatic N) is 3. The van der Waals surface area contributed by atoms with Crippen LogP contribution < -0.4 is 10.1 Å². The lowest BCUT2D eigenvalue weighted by Gasteiger charge is -2.35. The molecule has 1 saturated heterocycles. The fourth-order valence-electron chi connectivity index (χ4n) is 4.86. The third-order valence-corrected chi connectivity index (χ3v) is 8.33. The molecule has 2 fully saturated rings. The first-order valence-electron chi connectivity index (χ1n) is 12.5. The highest BCUT2D eigenvalue weighted by molar-refractivity contribution is 7.15. The maximum Gasteiger partial charge on any atom is 0.413 e. The molecule has 192 valence electrons. The Morgan fingerprint density at radius 2 is 2.00 bits per heavy atom. The van der Waals surface area contributed by atoms with Gasteiger partial charge in [0.2, 0.25) is 5.88 Å². The van der Waals surface area contributed by atoms with Crippen LogP contribution in [0.4, 0.5) is 9.18 Å². The number of fused-ring (bicyclic) bond motifs is 1. The molecule has 4 aromatic rings. The molecule has 1 saturated carbocycles. The van der Waals surface area contributed by atoms with Crippen LogP contribution >= 0.6 is 11.3 Å². The van der Waals surface area contributed by atoms with Crippen LogP contribution in [0.2, 0.25) is 0 Å². The van der Waals surface area contributed by atoms with E-state index in [9.17, 15) is 14.0 Å². The van der Waals surface area contributed by atoms with Crippen LogP contribution in [0.5, 0.6) is 5.88 Å². The number of amides is 2. The van der Waals surface area contributed by atoms with Gasteiger partial charge in [0, 0.05) is 44.2 Å². The van der Waals surface area contributed by atoms with Crippen LogP contribution in [-0.2, 0) is 7.05 Å². The summed E-state index contributed by atoms with van der Waals surface area (Å²) in [6, 6.07) is 9.50. The Hall–Kier alpha value is -3.66. The second-order valence-electron chi connectivity index (χ2n) is 9.64. The van der Waals surface area contributed by atoms with Crippen LogP contribution in [0.3, 0.4) is 0 Å². The zero-order valence-corrected chi connectivity index (χ0v) is 21.2. The van der Waals surface area contributed by atoms with Crippen LogP contribution in [-0.4, -0.2) is 45.6 Å². The van der Waals surface area contributed by atoms with Crippen LogP contribution in [0.15, 0.2) is 47.1 Å². The van der Waals surface area contributed by atoms with E-state index in [1.807, 2.05) is 4.90 Å². The monoisotopic (exact) mass is 522 g/mol. The van der Waals surface area contributed by atoms with Gasteiger partial charge in [-0.1, -0.05) is 12.1 Å². The van der Waals surface area contributed by atoms with E-state index in [0.717, 1.165) is 53.1 Å². The van der Waals surface area contributed by atoms with Crippen molar-refractivity contribution in [2.24, 2.45) is 7.05 Å². The predicted octanol–water partition coefficient (Wildman–Crippen LogP) is 5.69. The smallest absolute Gasteiger partial charge is 0.413 e. The van der Waals surface area contributed by atoms with Crippen molar-refractivity contribution >= 4 is 34.4 Å². The molecule has 2 aliphatic rings. The molecular weight excluding hydrogens is 495 g/mol. The van der Waals surface area contributed by atoms with Crippen molar-refractivity contribution in [1.29, 1.82) is 0 Å². The summed E-state index contributed by atoms with van der Waals surface area (Å²) in [4.78, 5) is 33.8. The van der Waals surface area contributed by atoms with Gasteiger partial charge in [0.1, 0.15) is 11.5 Å². The van der Waals surface area contributed by atoms with Gasteiger partial charge in [-0.2, -0.15) is 0 Å². The maximum atomic E-state index is 13.8. The minimum Gasteiger partial charge on any atom is -0.463 e. The number of hydrogen-bond acceptors (Lipinski definition) is 6. The summed E-state index contributed by atoms with van der Waals surface area (Å²) in [5.74, 6) is 0.313. The standard InChI is InChI=1S/C27H27FN4O4S/c1-31-20-11-13-35-21(20)14-22(31)36-27(34)29-15-19-4-2-3-12-32(19)26(33)23-24(16-7-9-18(28)10-8-16)37-25(30-23)17-5-6-17/h7-11,13-14,17,19H,2-6,12,15H2,1H3,(H,29,34)/t19-/m0/s1. The second kappa shape index (κ2) is 9.66. The van der Waals surface area contributed by atoms with Gasteiger partial charge in [0.05, 0.1) is 21.7 Å². The first kappa shape index (κ1) is 23.7. The minimum absolute atomic E-state index is 0.148. The second-order valence-corrected chi connectivity index (χ2v) is 10.7. The van der Waals surface area contributed by atoms with E-state index in [1.54, 1.807) is 42.1 Å². The third kappa shape index (κ3) is 4.73. The average molecular weight is 523 g/mol. The largest absolute Gasteiger partial charge is 0.463 e. The molecule has 1 N–H and O–H groups in total. The minimum atomic E-state index is -0.585. The number of halogens is 1. The summed E-state index contributed by atoms with van der Waals surface area (Å²) >= 11 is 1.53. The summed E-state index contributed by atoms with van der Waals surface area (Å²) < 4.78 is 26.2. The normalized spacial score (nSPS) is 17.8. The number of aryl methyl sites for hydroxylation is 1. The lowest BCUT2D eigenvalue weighted by Crippen LogP contribution is -2.50. The highest BCUT2D eigenvalue weighted by Gasteiger charge is 2.34. The van der Waals surface area contributed by atoms with Crippen molar-refractivity contribution in [3.05, 3.63) is 59.2 Å². The number of ether oxygens (including phenoxy) is 1. The van der Waals surface area contributed by atoms with Gasteiger partial charge in [-0.3, -0.25) is 4.79 Å². The molecule has 0 spiro atoms. The molecule has 2 amide bonds. The Balaban J connectivity index is 1.18. The Bertz CT molecular complexity index is 1450. The van der Waals surface area contributed by atoms with E-state index in [1.165, 1.54) is 23.5 Å². The van der Waals surface area contributed by atoms with Gasteiger partial charge >= 0.3 is 6.09 Å². The number of furan rings is 1. The number of nitrogens with one attached hydrogen (secondary N) is 1. The van der Waals surface area contributed by atoms with Crippen molar-refractivity contribution in [3.8, 4) is 16.3 Å². The van der Waals surface area contributed by atoms with Gasteiger partial charge in [0.25, 0.3) is 5.91 Å². The highest BCUT2D eigenvalue weighted by Crippen LogP contribution is 2.45. The number of piperidine rings is 1. The molecule has 4 heterocycles. The van der Waals surface area contributed by atoms with Gasteiger partial charge in [-0.05, 0) is 49.8 Å². The number of benzene rings is 1. The zero-order chi connectivity index (χ0) is 25.5. The molecule has 1 aliphatic heterocycles. The predicted molar refractivity (Wildman–Crippen MR) is 137 cm³/mol. The number of likely N-dealkylation sites (tertiary alicyclic amines) is 1. The Labute approximate surface area is 217 Å². The molecular formula is C27H27FN4O4S. The first-order chi connectivity index (χ1) is 18.0. The quantitative estimate of drug-likeness (QED) is 0.351. The average Bonchev–Trinajstić information content (AvgIpc) is 3.37. The number of rotatable bonds is 6. The summed E-state index contributed by atoms with van der Waals surface area (Å²) in [7, 11) is 1.80. The fourth-order valence-corrected chi connectivity index (χ4v) is 6.09.